The lowest BCUT2D eigenvalue weighted by atomic mass is 9.78. The van der Waals surface area contributed by atoms with Gasteiger partial charge in [0.25, 0.3) is 0 Å². The fourth-order valence-corrected chi connectivity index (χ4v) is 2.99. The van der Waals surface area contributed by atoms with E-state index in [-0.39, 0.29) is 0 Å². The molecule has 1 atom stereocenters. The lowest BCUT2D eigenvalue weighted by Crippen LogP contribution is -2.15. The maximum absolute atomic E-state index is 9.56. The number of ether oxygens (including phenoxy) is 1. The third-order valence-electron chi connectivity index (χ3n) is 4.37. The summed E-state index contributed by atoms with van der Waals surface area (Å²) >= 11 is 0. The van der Waals surface area contributed by atoms with Gasteiger partial charge in [0.15, 0.2) is 6.29 Å². The van der Waals surface area contributed by atoms with Crippen molar-refractivity contribution in [2.75, 3.05) is 0 Å². The van der Waals surface area contributed by atoms with Crippen molar-refractivity contribution >= 4 is 0 Å². The smallest absolute Gasteiger partial charge is 0.197 e. The van der Waals surface area contributed by atoms with Crippen LogP contribution in [0.25, 0.3) is 0 Å². The number of aliphatic hydroxyl groups excluding tert-OH is 1. The SMILES string of the molecule is CCC1CCC(c2cccc(OC(O)CC)c2)CC1. The van der Waals surface area contributed by atoms with Crippen molar-refractivity contribution < 1.29 is 9.84 Å². The molecule has 0 bridgehead atoms. The van der Waals surface area contributed by atoms with Crippen LogP contribution in [0.1, 0.15) is 63.9 Å². The molecule has 1 aliphatic carbocycles. The first kappa shape index (κ1) is 14.4. The van der Waals surface area contributed by atoms with Crippen LogP contribution in [0.4, 0.5) is 0 Å². The molecule has 0 radical (unpaired) electrons. The van der Waals surface area contributed by atoms with Gasteiger partial charge in [-0.05, 0) is 55.2 Å². The van der Waals surface area contributed by atoms with Crippen molar-refractivity contribution in [2.24, 2.45) is 5.92 Å². The molecule has 2 nitrogen and oxygen atoms in total. The van der Waals surface area contributed by atoms with Gasteiger partial charge in [0.1, 0.15) is 5.75 Å². The second kappa shape index (κ2) is 6.95. The molecule has 1 aromatic carbocycles. The molecule has 1 saturated carbocycles. The number of benzene rings is 1. The normalized spacial score (nSPS) is 25.0. The summed E-state index contributed by atoms with van der Waals surface area (Å²) in [4.78, 5) is 0. The molecule has 106 valence electrons. The van der Waals surface area contributed by atoms with Crippen LogP contribution in [0, 0.1) is 5.92 Å². The quantitative estimate of drug-likeness (QED) is 0.793. The van der Waals surface area contributed by atoms with Crippen LogP contribution in [0.5, 0.6) is 5.75 Å². The molecule has 0 amide bonds. The minimum Gasteiger partial charge on any atom is -0.465 e. The summed E-state index contributed by atoms with van der Waals surface area (Å²) in [5.41, 5.74) is 1.37. The monoisotopic (exact) mass is 262 g/mol. The Bertz CT molecular complexity index is 381. The van der Waals surface area contributed by atoms with Crippen LogP contribution in [0.3, 0.4) is 0 Å². The second-order valence-corrected chi connectivity index (χ2v) is 5.68. The highest BCUT2D eigenvalue weighted by Gasteiger charge is 2.21. The summed E-state index contributed by atoms with van der Waals surface area (Å²) in [7, 11) is 0. The van der Waals surface area contributed by atoms with Crippen LogP contribution in [-0.4, -0.2) is 11.4 Å². The van der Waals surface area contributed by atoms with Crippen molar-refractivity contribution in [3.05, 3.63) is 29.8 Å². The lowest BCUT2D eigenvalue weighted by molar-refractivity contribution is -0.0192. The first-order chi connectivity index (χ1) is 9.22. The number of hydrogen-bond donors (Lipinski definition) is 1. The van der Waals surface area contributed by atoms with E-state index in [4.69, 9.17) is 4.74 Å². The minimum absolute atomic E-state index is 0.617. The highest BCUT2D eigenvalue weighted by molar-refractivity contribution is 5.31. The topological polar surface area (TPSA) is 29.5 Å². The van der Waals surface area contributed by atoms with Crippen molar-refractivity contribution in [1.29, 1.82) is 0 Å². The first-order valence-electron chi connectivity index (χ1n) is 7.67. The summed E-state index contributed by atoms with van der Waals surface area (Å²) in [5.74, 6) is 2.40. The van der Waals surface area contributed by atoms with Gasteiger partial charge in [0, 0.05) is 6.42 Å². The summed E-state index contributed by atoms with van der Waals surface area (Å²) in [6.45, 7) is 4.21. The zero-order chi connectivity index (χ0) is 13.7. The Morgan fingerprint density at radius 1 is 1.21 bits per heavy atom. The Morgan fingerprint density at radius 2 is 1.95 bits per heavy atom. The summed E-state index contributed by atoms with van der Waals surface area (Å²) in [6, 6.07) is 8.27. The molecule has 2 heteroatoms. The average Bonchev–Trinajstić information content (AvgIpc) is 2.47. The van der Waals surface area contributed by atoms with Gasteiger partial charge in [-0.25, -0.2) is 0 Å². The fourth-order valence-electron chi connectivity index (χ4n) is 2.99. The van der Waals surface area contributed by atoms with E-state index in [1.54, 1.807) is 0 Å². The fraction of sp³-hybridized carbons (Fsp3) is 0.647. The Hall–Kier alpha value is -1.02. The Kier molecular flexibility index (Phi) is 5.26. The molecular weight excluding hydrogens is 236 g/mol. The molecule has 1 unspecified atom stereocenters. The third kappa shape index (κ3) is 3.97. The highest BCUT2D eigenvalue weighted by atomic mass is 16.6. The van der Waals surface area contributed by atoms with Gasteiger partial charge in [-0.1, -0.05) is 32.4 Å². The molecule has 0 heterocycles. The van der Waals surface area contributed by atoms with Gasteiger partial charge < -0.3 is 9.84 Å². The van der Waals surface area contributed by atoms with E-state index >= 15 is 0 Å². The largest absolute Gasteiger partial charge is 0.465 e. The molecule has 1 N–H and O–H groups in total. The summed E-state index contributed by atoms with van der Waals surface area (Å²) in [6.07, 6.45) is 6.53. The van der Waals surface area contributed by atoms with Crippen molar-refractivity contribution in [1.82, 2.24) is 0 Å². The molecule has 0 spiro atoms. The van der Waals surface area contributed by atoms with Crippen molar-refractivity contribution in [3.63, 3.8) is 0 Å². The molecular formula is C17H26O2. The highest BCUT2D eigenvalue weighted by Crippen LogP contribution is 2.37. The zero-order valence-electron chi connectivity index (χ0n) is 12.1. The van der Waals surface area contributed by atoms with E-state index in [9.17, 15) is 5.11 Å². The van der Waals surface area contributed by atoms with Crippen LogP contribution in [-0.2, 0) is 0 Å². The van der Waals surface area contributed by atoms with Crippen molar-refractivity contribution in [3.8, 4) is 5.75 Å². The first-order valence-corrected chi connectivity index (χ1v) is 7.67. The maximum Gasteiger partial charge on any atom is 0.197 e. The molecule has 1 fully saturated rings. The van der Waals surface area contributed by atoms with Crippen LogP contribution >= 0.6 is 0 Å². The molecule has 0 aliphatic heterocycles. The van der Waals surface area contributed by atoms with Crippen LogP contribution in [0.15, 0.2) is 24.3 Å². The minimum atomic E-state index is -0.689. The summed E-state index contributed by atoms with van der Waals surface area (Å²) in [5, 5.41) is 9.56. The van der Waals surface area contributed by atoms with E-state index in [1.165, 1.54) is 37.7 Å². The molecule has 1 aliphatic rings. The number of aliphatic hydroxyl groups is 1. The van der Waals surface area contributed by atoms with E-state index in [0.717, 1.165) is 11.7 Å². The van der Waals surface area contributed by atoms with Crippen molar-refractivity contribution in [2.45, 2.75) is 64.6 Å². The third-order valence-corrected chi connectivity index (χ3v) is 4.37. The van der Waals surface area contributed by atoms with E-state index in [1.807, 2.05) is 19.1 Å². The van der Waals surface area contributed by atoms with Gasteiger partial charge >= 0.3 is 0 Å². The Morgan fingerprint density at radius 3 is 2.58 bits per heavy atom. The van der Waals surface area contributed by atoms with Gasteiger partial charge in [-0.15, -0.1) is 0 Å². The summed E-state index contributed by atoms with van der Waals surface area (Å²) < 4.78 is 5.49. The van der Waals surface area contributed by atoms with E-state index in [0.29, 0.717) is 12.3 Å². The second-order valence-electron chi connectivity index (χ2n) is 5.68. The van der Waals surface area contributed by atoms with Crippen LogP contribution < -0.4 is 4.74 Å². The van der Waals surface area contributed by atoms with Gasteiger partial charge in [0.2, 0.25) is 0 Å². The van der Waals surface area contributed by atoms with Gasteiger partial charge in [-0.3, -0.25) is 0 Å². The lowest BCUT2D eigenvalue weighted by Gasteiger charge is -2.28. The predicted molar refractivity (Wildman–Crippen MR) is 78.4 cm³/mol. The standard InChI is InChI=1S/C17H26O2/c1-3-13-8-10-14(11-9-13)15-6-5-7-16(12-15)19-17(18)4-2/h5-7,12-14,17-18H,3-4,8-11H2,1-2H3. The average molecular weight is 262 g/mol. The Labute approximate surface area is 116 Å². The van der Waals surface area contributed by atoms with E-state index < -0.39 is 6.29 Å². The van der Waals surface area contributed by atoms with Gasteiger partial charge in [0.05, 0.1) is 0 Å². The van der Waals surface area contributed by atoms with E-state index in [2.05, 4.69) is 19.1 Å². The van der Waals surface area contributed by atoms with Crippen LogP contribution in [0.2, 0.25) is 0 Å². The Balaban J connectivity index is 1.99. The molecule has 0 aromatic heterocycles. The maximum atomic E-state index is 9.56. The molecule has 2 rings (SSSR count). The van der Waals surface area contributed by atoms with Gasteiger partial charge in [-0.2, -0.15) is 0 Å². The molecule has 1 aromatic rings. The molecule has 19 heavy (non-hydrogen) atoms. The zero-order valence-corrected chi connectivity index (χ0v) is 12.1. The number of hydrogen-bond acceptors (Lipinski definition) is 2. The predicted octanol–water partition coefficient (Wildman–Crippen LogP) is 4.48. The molecule has 0 saturated heterocycles. The number of rotatable bonds is 5.